The Morgan fingerprint density at radius 1 is 1.30 bits per heavy atom. The number of nitrogens with zero attached hydrogens (tertiary/aromatic N) is 1. The predicted molar refractivity (Wildman–Crippen MR) is 90.7 cm³/mol. The van der Waals surface area contributed by atoms with Crippen LogP contribution in [0.25, 0.3) is 12.2 Å². The van der Waals surface area contributed by atoms with Crippen LogP contribution in [0.2, 0.25) is 0 Å². The Bertz CT molecular complexity index is 649. The second kappa shape index (κ2) is 7.94. The van der Waals surface area contributed by atoms with Crippen LogP contribution in [-0.4, -0.2) is 22.6 Å². The second-order valence-corrected chi connectivity index (χ2v) is 6.02. The summed E-state index contributed by atoms with van der Waals surface area (Å²) in [5, 5.41) is 13.9. The van der Waals surface area contributed by atoms with Crippen molar-refractivity contribution in [2.75, 3.05) is 0 Å². The highest BCUT2D eigenvalue weighted by Crippen LogP contribution is 2.22. The number of aliphatic hydroxyl groups is 1. The van der Waals surface area contributed by atoms with E-state index >= 15 is 0 Å². The molecule has 5 heteroatoms. The lowest BCUT2D eigenvalue weighted by Crippen LogP contribution is -2.40. The fourth-order valence-corrected chi connectivity index (χ4v) is 2.20. The van der Waals surface area contributed by atoms with Gasteiger partial charge >= 0.3 is 0 Å². The number of para-hydroxylation sites is 1. The van der Waals surface area contributed by atoms with Crippen LogP contribution in [-0.2, 0) is 0 Å². The maximum Gasteiger partial charge on any atom is 0.173 e. The van der Waals surface area contributed by atoms with E-state index in [4.69, 9.17) is 15.0 Å². The lowest BCUT2D eigenvalue weighted by Gasteiger charge is -2.22. The van der Waals surface area contributed by atoms with Gasteiger partial charge in [0.25, 0.3) is 0 Å². The van der Waals surface area contributed by atoms with Gasteiger partial charge in [0.15, 0.2) is 12.0 Å². The molecule has 0 amide bonds. The summed E-state index contributed by atoms with van der Waals surface area (Å²) in [6.45, 7) is 5.94. The van der Waals surface area contributed by atoms with Crippen LogP contribution in [0.3, 0.4) is 0 Å². The smallest absolute Gasteiger partial charge is 0.173 e. The Morgan fingerprint density at radius 2 is 2.04 bits per heavy atom. The molecule has 124 valence electrons. The molecule has 2 unspecified atom stereocenters. The predicted octanol–water partition coefficient (Wildman–Crippen LogP) is 3.22. The maximum absolute atomic E-state index is 10.1. The molecule has 0 aliphatic carbocycles. The average Bonchev–Trinajstić information content (AvgIpc) is 2.91. The number of nitrogens with two attached hydrogens (primary N) is 1. The van der Waals surface area contributed by atoms with Crippen molar-refractivity contribution in [2.45, 2.75) is 39.5 Å². The largest absolute Gasteiger partial charge is 0.472 e. The first-order chi connectivity index (χ1) is 11.0. The summed E-state index contributed by atoms with van der Waals surface area (Å²) < 4.78 is 10.9. The minimum Gasteiger partial charge on any atom is -0.472 e. The van der Waals surface area contributed by atoms with E-state index in [0.29, 0.717) is 23.8 Å². The third-order valence-electron chi connectivity index (χ3n) is 3.35. The molecule has 2 aromatic rings. The molecule has 0 saturated carbocycles. The zero-order valence-electron chi connectivity index (χ0n) is 13.8. The summed E-state index contributed by atoms with van der Waals surface area (Å²) in [6.07, 6.45) is 2.81. The van der Waals surface area contributed by atoms with E-state index in [1.165, 1.54) is 0 Å². The second-order valence-electron chi connectivity index (χ2n) is 6.02. The fraction of sp³-hybridized carbons (Fsp3) is 0.389. The third-order valence-corrected chi connectivity index (χ3v) is 3.35. The molecular formula is C18H24N2O3. The van der Waals surface area contributed by atoms with E-state index in [-0.39, 0.29) is 0 Å². The lowest BCUT2D eigenvalue weighted by atomic mass is 10.1. The Kier molecular flexibility index (Phi) is 5.96. The van der Waals surface area contributed by atoms with Crippen LogP contribution >= 0.6 is 0 Å². The average molecular weight is 316 g/mol. The number of hydrogen-bond acceptors (Lipinski definition) is 5. The summed E-state index contributed by atoms with van der Waals surface area (Å²) in [5.41, 5.74) is 7.63. The highest BCUT2D eigenvalue weighted by atomic mass is 16.5. The number of rotatable bonds is 7. The molecule has 3 N–H and O–H groups in total. The van der Waals surface area contributed by atoms with Crippen LogP contribution < -0.4 is 10.5 Å². The number of aliphatic hydroxyl groups excluding tert-OH is 1. The Morgan fingerprint density at radius 3 is 2.70 bits per heavy atom. The molecule has 23 heavy (non-hydrogen) atoms. The third kappa shape index (κ3) is 5.23. The lowest BCUT2D eigenvalue weighted by molar-refractivity contribution is 0.0267. The van der Waals surface area contributed by atoms with Crippen LogP contribution in [0.4, 0.5) is 0 Å². The molecule has 1 aromatic carbocycles. The Hall–Kier alpha value is -2.11. The van der Waals surface area contributed by atoms with Gasteiger partial charge in [-0.15, -0.1) is 0 Å². The summed E-state index contributed by atoms with van der Waals surface area (Å²) in [6, 6.07) is 9.36. The molecular weight excluding hydrogens is 292 g/mol. The van der Waals surface area contributed by atoms with Crippen molar-refractivity contribution in [1.29, 1.82) is 0 Å². The van der Waals surface area contributed by atoms with E-state index in [1.807, 2.05) is 63.3 Å². The highest BCUT2D eigenvalue weighted by molar-refractivity contribution is 5.70. The first-order valence-corrected chi connectivity index (χ1v) is 7.76. The topological polar surface area (TPSA) is 81.5 Å². The molecule has 0 saturated heterocycles. The monoisotopic (exact) mass is 316 g/mol. The Labute approximate surface area is 136 Å². The molecule has 5 nitrogen and oxygen atoms in total. The van der Waals surface area contributed by atoms with Crippen molar-refractivity contribution in [3.63, 3.8) is 0 Å². The van der Waals surface area contributed by atoms with Crippen LogP contribution in [0.5, 0.6) is 5.75 Å². The minimum absolute atomic E-state index is 0.351. The number of aromatic nitrogens is 1. The summed E-state index contributed by atoms with van der Waals surface area (Å²) in [7, 11) is 0. The first kappa shape index (κ1) is 17.2. The van der Waals surface area contributed by atoms with Gasteiger partial charge in [-0.25, -0.2) is 0 Å². The molecule has 2 atom stereocenters. The van der Waals surface area contributed by atoms with Gasteiger partial charge in [0.05, 0.1) is 5.69 Å². The van der Waals surface area contributed by atoms with Crippen LogP contribution in [0, 0.1) is 12.8 Å². The number of hydrogen-bond donors (Lipinski definition) is 2. The van der Waals surface area contributed by atoms with Crippen LogP contribution in [0.1, 0.15) is 37.3 Å². The quantitative estimate of drug-likeness (QED) is 0.766. The van der Waals surface area contributed by atoms with Crippen molar-refractivity contribution in [3.05, 3.63) is 47.3 Å². The van der Waals surface area contributed by atoms with Gasteiger partial charge < -0.3 is 14.4 Å². The van der Waals surface area contributed by atoms with E-state index in [9.17, 15) is 5.11 Å². The normalized spacial score (nSPS) is 14.3. The summed E-state index contributed by atoms with van der Waals surface area (Å²) >= 11 is 0. The molecule has 1 heterocycles. The zero-order valence-corrected chi connectivity index (χ0v) is 13.8. The fourth-order valence-electron chi connectivity index (χ4n) is 2.20. The first-order valence-electron chi connectivity index (χ1n) is 7.76. The van der Waals surface area contributed by atoms with Gasteiger partial charge in [-0.1, -0.05) is 37.2 Å². The van der Waals surface area contributed by atoms with E-state index < -0.39 is 12.3 Å². The van der Waals surface area contributed by atoms with Crippen LogP contribution in [0.15, 0.2) is 34.9 Å². The highest BCUT2D eigenvalue weighted by Gasteiger charge is 2.18. The zero-order chi connectivity index (χ0) is 16.8. The SMILES string of the molecule is Cc1cc(C=Cc2ccccc2OC(N)C(O)CC(C)C)on1. The van der Waals surface area contributed by atoms with Crippen molar-refractivity contribution in [3.8, 4) is 5.75 Å². The number of benzene rings is 1. The van der Waals surface area contributed by atoms with Crippen molar-refractivity contribution < 1.29 is 14.4 Å². The Balaban J connectivity index is 2.09. The van der Waals surface area contributed by atoms with Gasteiger partial charge in [0.1, 0.15) is 11.9 Å². The number of aryl methyl sites for hydroxylation is 1. The molecule has 0 aliphatic heterocycles. The standard InChI is InChI=1S/C18H24N2O3/c1-12(2)10-16(21)18(19)22-17-7-5-4-6-14(17)8-9-15-11-13(3)20-23-15/h4-9,11-12,16,18,21H,10,19H2,1-3H3. The van der Waals surface area contributed by atoms with Crippen molar-refractivity contribution >= 4 is 12.2 Å². The van der Waals surface area contributed by atoms with Gasteiger partial charge in [0, 0.05) is 11.6 Å². The van der Waals surface area contributed by atoms with Crippen molar-refractivity contribution in [1.82, 2.24) is 5.16 Å². The van der Waals surface area contributed by atoms with Gasteiger partial charge in [-0.3, -0.25) is 5.73 Å². The summed E-state index contributed by atoms with van der Waals surface area (Å²) in [4.78, 5) is 0. The van der Waals surface area contributed by atoms with Gasteiger partial charge in [-0.2, -0.15) is 0 Å². The molecule has 0 spiro atoms. The molecule has 0 aliphatic rings. The van der Waals surface area contributed by atoms with Gasteiger partial charge in [-0.05, 0) is 37.5 Å². The summed E-state index contributed by atoms with van der Waals surface area (Å²) in [5.74, 6) is 1.64. The maximum atomic E-state index is 10.1. The molecule has 0 radical (unpaired) electrons. The minimum atomic E-state index is -0.764. The van der Waals surface area contributed by atoms with Crippen molar-refractivity contribution in [2.24, 2.45) is 11.7 Å². The van der Waals surface area contributed by atoms with E-state index in [0.717, 1.165) is 11.3 Å². The molecule has 1 aromatic heterocycles. The molecule has 0 fully saturated rings. The molecule has 2 rings (SSSR count). The van der Waals surface area contributed by atoms with E-state index in [2.05, 4.69) is 5.16 Å². The number of ether oxygens (including phenoxy) is 1. The van der Waals surface area contributed by atoms with E-state index in [1.54, 1.807) is 0 Å². The van der Waals surface area contributed by atoms with Gasteiger partial charge in [0.2, 0.25) is 0 Å². The molecule has 0 bridgehead atoms.